The molecule has 0 spiro atoms. The van der Waals surface area contributed by atoms with Crippen LogP contribution in [0.15, 0.2) is 0 Å². The number of carbonyl (C=O) groups is 7. The van der Waals surface area contributed by atoms with Crippen molar-refractivity contribution in [1.29, 1.82) is 0 Å². The van der Waals surface area contributed by atoms with Gasteiger partial charge in [0.25, 0.3) is 0 Å². The average molecular weight is 663 g/mol. The number of carboxylic acid groups (broad SMARTS) is 2. The second kappa shape index (κ2) is 20.3. The van der Waals surface area contributed by atoms with Gasteiger partial charge < -0.3 is 57.9 Å². The van der Waals surface area contributed by atoms with E-state index in [0.717, 1.165) is 13.8 Å². The van der Waals surface area contributed by atoms with E-state index >= 15 is 0 Å². The van der Waals surface area contributed by atoms with Gasteiger partial charge in [0.15, 0.2) is 0 Å². The summed E-state index contributed by atoms with van der Waals surface area (Å²) in [5.74, 6) is -7.97. The first-order valence-corrected chi connectivity index (χ1v) is 14.9. The molecule has 0 heterocycles. The van der Waals surface area contributed by atoms with Gasteiger partial charge in [0.1, 0.15) is 30.2 Å². The number of aliphatic hydroxyl groups is 3. The van der Waals surface area contributed by atoms with Crippen LogP contribution in [-0.4, -0.2) is 122 Å². The van der Waals surface area contributed by atoms with Crippen LogP contribution in [0.5, 0.6) is 0 Å². The third kappa shape index (κ3) is 15.4. The van der Waals surface area contributed by atoms with Crippen LogP contribution in [0, 0.1) is 11.8 Å². The summed E-state index contributed by atoms with van der Waals surface area (Å²) in [5, 5.41) is 59.7. The number of carboxylic acids is 2. The zero-order chi connectivity index (χ0) is 35.9. The molecule has 2 unspecified atom stereocenters. The smallest absolute Gasteiger partial charge is 0.326 e. The van der Waals surface area contributed by atoms with Crippen molar-refractivity contribution in [3.63, 3.8) is 0 Å². The van der Waals surface area contributed by atoms with Crippen molar-refractivity contribution in [2.24, 2.45) is 17.6 Å². The summed E-state index contributed by atoms with van der Waals surface area (Å²) >= 11 is 0. The van der Waals surface area contributed by atoms with Gasteiger partial charge in [0.05, 0.1) is 24.9 Å². The molecule has 0 aliphatic heterocycles. The molecule has 0 saturated carbocycles. The lowest BCUT2D eigenvalue weighted by atomic mass is 10.0. The fourth-order valence-corrected chi connectivity index (χ4v) is 4.16. The normalized spacial score (nSPS) is 16.5. The van der Waals surface area contributed by atoms with Gasteiger partial charge in [0, 0.05) is 6.42 Å². The van der Waals surface area contributed by atoms with Crippen molar-refractivity contribution in [2.45, 2.75) is 116 Å². The van der Waals surface area contributed by atoms with Gasteiger partial charge in [-0.15, -0.1) is 0 Å². The molecule has 0 aromatic rings. The zero-order valence-corrected chi connectivity index (χ0v) is 27.0. The van der Waals surface area contributed by atoms with Gasteiger partial charge in [-0.2, -0.15) is 0 Å². The highest BCUT2D eigenvalue weighted by molar-refractivity contribution is 5.96. The van der Waals surface area contributed by atoms with E-state index in [0.29, 0.717) is 0 Å². The van der Waals surface area contributed by atoms with Crippen molar-refractivity contribution in [3.8, 4) is 0 Å². The predicted molar refractivity (Wildman–Crippen MR) is 161 cm³/mol. The molecule has 0 saturated heterocycles. The standard InChI is InChI=1S/C28H50N6O12/c1-12(2)9-16(29)23(40)32-19(11-35)25(42)30-17(7-8-20(38)39)24(41)33-22(15(6)37)27(44)34-21(14(5)36)26(43)31-18(28(45)46)10-13(3)4/h12-19,21-22,35-37H,7-11,29H2,1-6H3,(H,30,42)(H,31,43)(H,32,40)(H,33,41)(H,34,44)(H,38,39)(H,45,46)/t14?,15?,16-,17-,18+,19-,21-,22-/m0/s1. The second-order valence-corrected chi connectivity index (χ2v) is 12.0. The maximum absolute atomic E-state index is 13.2. The van der Waals surface area contributed by atoms with E-state index in [9.17, 15) is 54.0 Å². The molecule has 264 valence electrons. The highest BCUT2D eigenvalue weighted by Gasteiger charge is 2.36. The summed E-state index contributed by atoms with van der Waals surface area (Å²) in [7, 11) is 0. The number of aliphatic hydroxyl groups excluding tert-OH is 3. The van der Waals surface area contributed by atoms with Crippen LogP contribution in [0.4, 0.5) is 0 Å². The zero-order valence-electron chi connectivity index (χ0n) is 27.0. The maximum Gasteiger partial charge on any atom is 0.326 e. The molecule has 18 nitrogen and oxygen atoms in total. The van der Waals surface area contributed by atoms with Gasteiger partial charge in [-0.3, -0.25) is 28.8 Å². The Kier molecular flexibility index (Phi) is 18.6. The van der Waals surface area contributed by atoms with Gasteiger partial charge in [-0.1, -0.05) is 27.7 Å². The molecule has 0 fully saturated rings. The molecule has 5 amide bonds. The Labute approximate surface area is 267 Å². The number of hydrogen-bond donors (Lipinski definition) is 11. The largest absolute Gasteiger partial charge is 0.481 e. The monoisotopic (exact) mass is 662 g/mol. The van der Waals surface area contributed by atoms with Crippen LogP contribution in [0.3, 0.4) is 0 Å². The number of hydrogen-bond acceptors (Lipinski definition) is 11. The molecule has 0 radical (unpaired) electrons. The summed E-state index contributed by atoms with van der Waals surface area (Å²) in [6, 6.07) is -9.07. The summed E-state index contributed by atoms with van der Waals surface area (Å²) in [6.45, 7) is 8.43. The number of aliphatic carboxylic acids is 2. The quantitative estimate of drug-likeness (QED) is 0.0570. The third-order valence-electron chi connectivity index (χ3n) is 6.60. The molecular formula is C28H50N6O12. The highest BCUT2D eigenvalue weighted by atomic mass is 16.4. The molecule has 0 aromatic carbocycles. The van der Waals surface area contributed by atoms with Crippen LogP contribution in [0.2, 0.25) is 0 Å². The van der Waals surface area contributed by atoms with Crippen LogP contribution in [-0.2, 0) is 33.6 Å². The van der Waals surface area contributed by atoms with E-state index in [1.165, 1.54) is 0 Å². The average Bonchev–Trinajstić information content (AvgIpc) is 2.93. The molecule has 0 aliphatic carbocycles. The second-order valence-electron chi connectivity index (χ2n) is 12.0. The topological polar surface area (TPSA) is 307 Å². The Morgan fingerprint density at radius 3 is 1.41 bits per heavy atom. The number of rotatable bonds is 21. The van der Waals surface area contributed by atoms with E-state index < -0.39 is 109 Å². The molecule has 18 heteroatoms. The van der Waals surface area contributed by atoms with Gasteiger partial charge in [-0.25, -0.2) is 4.79 Å². The molecule has 0 aliphatic rings. The van der Waals surface area contributed by atoms with E-state index in [1.54, 1.807) is 13.8 Å². The molecule has 0 rings (SSSR count). The van der Waals surface area contributed by atoms with Crippen molar-refractivity contribution >= 4 is 41.5 Å². The van der Waals surface area contributed by atoms with Crippen LogP contribution in [0.1, 0.15) is 67.2 Å². The molecule has 0 bridgehead atoms. The number of nitrogens with one attached hydrogen (secondary N) is 5. The van der Waals surface area contributed by atoms with E-state index in [2.05, 4.69) is 26.6 Å². The minimum Gasteiger partial charge on any atom is -0.481 e. The lowest BCUT2D eigenvalue weighted by Crippen LogP contribution is -2.63. The van der Waals surface area contributed by atoms with Gasteiger partial charge >= 0.3 is 11.9 Å². The lowest BCUT2D eigenvalue weighted by Gasteiger charge is -2.28. The Morgan fingerprint density at radius 2 is 1.00 bits per heavy atom. The SMILES string of the molecule is CC(C)C[C@H](N)C(=O)N[C@@H](CO)C(=O)N[C@@H](CCC(=O)O)C(=O)N[C@H](C(=O)N[C@H](C(=O)N[C@H](CC(C)C)C(=O)O)C(C)O)C(C)O. The van der Waals surface area contributed by atoms with Crippen LogP contribution >= 0.6 is 0 Å². The minimum absolute atomic E-state index is 0.0436. The maximum atomic E-state index is 13.2. The number of nitrogens with two attached hydrogens (primary N) is 1. The van der Waals surface area contributed by atoms with Gasteiger partial charge in [0.2, 0.25) is 29.5 Å². The molecular weight excluding hydrogens is 612 g/mol. The summed E-state index contributed by atoms with van der Waals surface area (Å²) in [4.78, 5) is 87.1. The summed E-state index contributed by atoms with van der Waals surface area (Å²) < 4.78 is 0. The fraction of sp³-hybridized carbons (Fsp3) is 0.750. The first-order chi connectivity index (χ1) is 21.2. The van der Waals surface area contributed by atoms with Crippen molar-refractivity contribution in [1.82, 2.24) is 26.6 Å². The lowest BCUT2D eigenvalue weighted by molar-refractivity contribution is -0.143. The highest BCUT2D eigenvalue weighted by Crippen LogP contribution is 2.08. The Morgan fingerprint density at radius 1 is 0.587 bits per heavy atom. The number of amides is 5. The molecule has 12 N–H and O–H groups in total. The predicted octanol–water partition coefficient (Wildman–Crippen LogP) is -3.47. The van der Waals surface area contributed by atoms with Crippen molar-refractivity contribution in [3.05, 3.63) is 0 Å². The van der Waals surface area contributed by atoms with E-state index in [4.69, 9.17) is 10.8 Å². The Bertz CT molecular complexity index is 1070. The Balaban J connectivity index is 5.89. The van der Waals surface area contributed by atoms with Crippen LogP contribution < -0.4 is 32.3 Å². The fourth-order valence-electron chi connectivity index (χ4n) is 4.16. The summed E-state index contributed by atoms with van der Waals surface area (Å²) in [6.07, 6.45) is -4.01. The minimum atomic E-state index is -1.81. The Hall–Kier alpha value is -3.87. The van der Waals surface area contributed by atoms with Crippen LogP contribution in [0.25, 0.3) is 0 Å². The first kappa shape index (κ1) is 42.1. The first-order valence-electron chi connectivity index (χ1n) is 14.9. The van der Waals surface area contributed by atoms with Gasteiger partial charge in [-0.05, 0) is 44.9 Å². The molecule has 46 heavy (non-hydrogen) atoms. The number of carbonyl (C=O) groups excluding carboxylic acids is 5. The molecule has 0 aromatic heterocycles. The summed E-state index contributed by atoms with van der Waals surface area (Å²) in [5.41, 5.74) is 5.81. The molecule has 8 atom stereocenters. The van der Waals surface area contributed by atoms with E-state index in [1.807, 2.05) is 13.8 Å². The third-order valence-corrected chi connectivity index (χ3v) is 6.60. The van der Waals surface area contributed by atoms with E-state index in [-0.39, 0.29) is 24.7 Å². The van der Waals surface area contributed by atoms with Crippen molar-refractivity contribution in [2.75, 3.05) is 6.61 Å². The van der Waals surface area contributed by atoms with Crippen molar-refractivity contribution < 1.29 is 59.1 Å².